The van der Waals surface area contributed by atoms with E-state index in [1.807, 2.05) is 44.2 Å². The van der Waals surface area contributed by atoms with Crippen molar-refractivity contribution in [2.24, 2.45) is 5.41 Å². The van der Waals surface area contributed by atoms with Crippen molar-refractivity contribution >= 4 is 45.0 Å². The van der Waals surface area contributed by atoms with E-state index >= 15 is 0 Å². The normalized spacial score (nSPS) is 17.9. The molecule has 0 radical (unpaired) electrons. The SMILES string of the molecule is COc1ccc([C@H]2C(C(=O)Nc3ccc(C)cn3)=C(C)NC3=C2C(=O)CC(C)(C)C3)cc1COc1ccc(Br)cc1Cl. The number of aromatic nitrogens is 1. The van der Waals surface area contributed by atoms with Crippen LogP contribution in [0.3, 0.4) is 0 Å². The summed E-state index contributed by atoms with van der Waals surface area (Å²) in [4.78, 5) is 32.0. The quantitative estimate of drug-likeness (QED) is 0.273. The molecule has 3 aromatic rings. The van der Waals surface area contributed by atoms with Crippen LogP contribution >= 0.6 is 27.5 Å². The number of ether oxygens (including phenoxy) is 2. The number of pyridine rings is 1. The summed E-state index contributed by atoms with van der Waals surface area (Å²) in [5, 5.41) is 6.83. The molecule has 42 heavy (non-hydrogen) atoms. The lowest BCUT2D eigenvalue weighted by molar-refractivity contribution is -0.118. The highest BCUT2D eigenvalue weighted by molar-refractivity contribution is 9.10. The summed E-state index contributed by atoms with van der Waals surface area (Å²) in [6.45, 7) is 8.17. The van der Waals surface area contributed by atoms with Gasteiger partial charge in [-0.1, -0.05) is 53.5 Å². The molecule has 1 amide bonds. The van der Waals surface area contributed by atoms with Crippen molar-refractivity contribution in [3.63, 3.8) is 0 Å². The number of halogens is 2. The second-order valence-electron chi connectivity index (χ2n) is 11.5. The van der Waals surface area contributed by atoms with Crippen molar-refractivity contribution in [2.45, 2.75) is 53.1 Å². The molecule has 1 aromatic heterocycles. The minimum absolute atomic E-state index is 0.0280. The number of Topliss-reactive ketones (excluding diaryl/α,β-unsaturated/α-hetero) is 1. The van der Waals surface area contributed by atoms with E-state index in [0.29, 0.717) is 52.0 Å². The topological polar surface area (TPSA) is 89.5 Å². The smallest absolute Gasteiger partial charge is 0.255 e. The van der Waals surface area contributed by atoms with E-state index in [2.05, 4.69) is 45.4 Å². The Balaban J connectivity index is 1.57. The Hall–Kier alpha value is -3.62. The highest BCUT2D eigenvalue weighted by Crippen LogP contribution is 2.47. The number of rotatable bonds is 7. The van der Waals surface area contributed by atoms with Crippen LogP contribution in [0.4, 0.5) is 5.82 Å². The van der Waals surface area contributed by atoms with Crippen LogP contribution in [0.1, 0.15) is 56.2 Å². The number of allylic oxidation sites excluding steroid dienone is 3. The first-order valence-corrected chi connectivity index (χ1v) is 14.9. The fraction of sp³-hybridized carbons (Fsp3) is 0.303. The second kappa shape index (κ2) is 11.9. The predicted molar refractivity (Wildman–Crippen MR) is 168 cm³/mol. The van der Waals surface area contributed by atoms with Gasteiger partial charge in [-0.05, 0) is 73.2 Å². The van der Waals surface area contributed by atoms with E-state index in [1.165, 1.54) is 0 Å². The average molecular weight is 651 g/mol. The summed E-state index contributed by atoms with van der Waals surface area (Å²) < 4.78 is 12.6. The van der Waals surface area contributed by atoms with Crippen LogP contribution in [-0.4, -0.2) is 23.8 Å². The maximum atomic E-state index is 13.9. The third kappa shape index (κ3) is 6.25. The number of carbonyl (C=O) groups is 2. The molecule has 1 aliphatic heterocycles. The minimum atomic E-state index is -0.587. The number of benzene rings is 2. The summed E-state index contributed by atoms with van der Waals surface area (Å²) >= 11 is 9.81. The molecule has 7 nitrogen and oxygen atoms in total. The largest absolute Gasteiger partial charge is 0.496 e. The number of nitrogens with one attached hydrogen (secondary N) is 2. The highest BCUT2D eigenvalue weighted by atomic mass is 79.9. The van der Waals surface area contributed by atoms with Gasteiger partial charge >= 0.3 is 0 Å². The molecule has 2 heterocycles. The Morgan fingerprint density at radius 2 is 1.88 bits per heavy atom. The molecule has 2 aromatic carbocycles. The molecule has 1 atom stereocenters. The number of methoxy groups -OCH3 is 1. The van der Waals surface area contributed by atoms with E-state index in [-0.39, 0.29) is 23.7 Å². The molecule has 2 aliphatic rings. The Morgan fingerprint density at radius 1 is 1.12 bits per heavy atom. The van der Waals surface area contributed by atoms with E-state index in [0.717, 1.165) is 26.9 Å². The third-order valence-corrected chi connectivity index (χ3v) is 8.34. The molecule has 5 rings (SSSR count). The summed E-state index contributed by atoms with van der Waals surface area (Å²) in [7, 11) is 1.60. The van der Waals surface area contributed by atoms with Crippen LogP contribution in [0, 0.1) is 12.3 Å². The van der Waals surface area contributed by atoms with Gasteiger partial charge in [-0.2, -0.15) is 0 Å². The van der Waals surface area contributed by atoms with E-state index < -0.39 is 5.92 Å². The fourth-order valence-electron chi connectivity index (χ4n) is 5.63. The zero-order valence-corrected chi connectivity index (χ0v) is 26.6. The maximum Gasteiger partial charge on any atom is 0.255 e. The van der Waals surface area contributed by atoms with Gasteiger partial charge < -0.3 is 20.1 Å². The minimum Gasteiger partial charge on any atom is -0.496 e. The number of nitrogens with zero attached hydrogens (tertiary/aromatic N) is 1. The standard InChI is InChI=1S/C33H33BrClN3O4/c1-18-6-11-28(36-16-18)38-32(40)29-19(2)37-24-14-33(3,4)15-25(39)31(24)30(29)20-7-9-26(41-5)21(12-20)17-42-27-10-8-22(34)13-23(27)35/h6-13,16,30,37H,14-15,17H2,1-5H3,(H,36,38,40)/t30-/m0/s1. The number of aryl methyl sites for hydroxylation is 1. The number of ketones is 1. The van der Waals surface area contributed by atoms with Crippen molar-refractivity contribution < 1.29 is 19.1 Å². The molecule has 0 saturated heterocycles. The van der Waals surface area contributed by atoms with E-state index in [4.69, 9.17) is 21.1 Å². The molecule has 0 spiro atoms. The zero-order chi connectivity index (χ0) is 30.2. The molecule has 0 unspecified atom stereocenters. The lowest BCUT2D eigenvalue weighted by Gasteiger charge is -2.39. The average Bonchev–Trinajstić information content (AvgIpc) is 2.92. The molecule has 1 aliphatic carbocycles. The fourth-order valence-corrected chi connectivity index (χ4v) is 6.36. The Kier molecular flexibility index (Phi) is 8.49. The monoisotopic (exact) mass is 649 g/mol. The summed E-state index contributed by atoms with van der Waals surface area (Å²) in [5.41, 5.74) is 5.00. The Bertz CT molecular complexity index is 1630. The van der Waals surface area contributed by atoms with Crippen LogP contribution in [0.5, 0.6) is 11.5 Å². The van der Waals surface area contributed by atoms with Gasteiger partial charge in [-0.15, -0.1) is 0 Å². The van der Waals surface area contributed by atoms with Gasteiger partial charge in [0.05, 0.1) is 12.1 Å². The van der Waals surface area contributed by atoms with Gasteiger partial charge in [-0.3, -0.25) is 9.59 Å². The summed E-state index contributed by atoms with van der Waals surface area (Å²) in [5.74, 6) is 0.722. The van der Waals surface area contributed by atoms with Crippen LogP contribution in [0.2, 0.25) is 5.02 Å². The second-order valence-corrected chi connectivity index (χ2v) is 12.9. The van der Waals surface area contributed by atoms with Gasteiger partial charge in [0.25, 0.3) is 5.91 Å². The predicted octanol–water partition coefficient (Wildman–Crippen LogP) is 7.64. The first kappa shape index (κ1) is 29.9. The third-order valence-electron chi connectivity index (χ3n) is 7.55. The molecular weight excluding hydrogens is 618 g/mol. The molecular formula is C33H33BrClN3O4. The van der Waals surface area contributed by atoms with E-state index in [9.17, 15) is 9.59 Å². The first-order chi connectivity index (χ1) is 20.0. The van der Waals surface area contributed by atoms with Gasteiger partial charge in [0.1, 0.15) is 23.9 Å². The lowest BCUT2D eigenvalue weighted by Crippen LogP contribution is -2.39. The number of dihydropyridines is 1. The van der Waals surface area contributed by atoms with Gasteiger partial charge in [0.2, 0.25) is 0 Å². The van der Waals surface area contributed by atoms with Gasteiger partial charge in [0.15, 0.2) is 5.78 Å². The van der Waals surface area contributed by atoms with Crippen LogP contribution in [0.25, 0.3) is 0 Å². The van der Waals surface area contributed by atoms with Gasteiger partial charge in [0, 0.05) is 51.1 Å². The maximum absolute atomic E-state index is 13.9. The molecule has 0 bridgehead atoms. The van der Waals surface area contributed by atoms with E-state index in [1.54, 1.807) is 31.5 Å². The highest BCUT2D eigenvalue weighted by Gasteiger charge is 2.43. The Labute approximate surface area is 259 Å². The zero-order valence-electron chi connectivity index (χ0n) is 24.2. The van der Waals surface area contributed by atoms with Crippen molar-refractivity contribution in [3.8, 4) is 11.5 Å². The van der Waals surface area contributed by atoms with Crippen LogP contribution < -0.4 is 20.1 Å². The van der Waals surface area contributed by atoms with Crippen molar-refractivity contribution in [1.29, 1.82) is 0 Å². The van der Waals surface area contributed by atoms with Crippen LogP contribution in [-0.2, 0) is 16.2 Å². The number of hydrogen-bond acceptors (Lipinski definition) is 6. The summed E-state index contributed by atoms with van der Waals surface area (Å²) in [6.07, 6.45) is 2.80. The van der Waals surface area contributed by atoms with Gasteiger partial charge in [-0.25, -0.2) is 4.98 Å². The number of amides is 1. The first-order valence-electron chi connectivity index (χ1n) is 13.7. The van der Waals surface area contributed by atoms with Crippen molar-refractivity contribution in [1.82, 2.24) is 10.3 Å². The number of carbonyl (C=O) groups excluding carboxylic acids is 2. The molecule has 2 N–H and O–H groups in total. The molecule has 218 valence electrons. The van der Waals surface area contributed by atoms with Crippen molar-refractivity contribution in [3.05, 3.63) is 103 Å². The molecule has 0 fully saturated rings. The van der Waals surface area contributed by atoms with Crippen LogP contribution in [0.15, 0.2) is 81.7 Å². The summed E-state index contributed by atoms with van der Waals surface area (Å²) in [6, 6.07) is 14.8. The number of hydrogen-bond donors (Lipinski definition) is 2. The lowest BCUT2D eigenvalue weighted by atomic mass is 9.68. The molecule has 0 saturated carbocycles. The molecule has 9 heteroatoms. The Morgan fingerprint density at radius 3 is 2.57 bits per heavy atom. The van der Waals surface area contributed by atoms with Crippen molar-refractivity contribution in [2.75, 3.05) is 12.4 Å². The number of anilines is 1.